The summed E-state index contributed by atoms with van der Waals surface area (Å²) in [5, 5.41) is 44.1. The number of aromatic hydroxyl groups is 1. The summed E-state index contributed by atoms with van der Waals surface area (Å²) in [5.74, 6) is -7.67. The zero-order valence-electron chi connectivity index (χ0n) is 52.8. The predicted octanol–water partition coefficient (Wildman–Crippen LogP) is 4.93. The van der Waals surface area contributed by atoms with Crippen LogP contribution in [0.1, 0.15) is 132 Å². The van der Waals surface area contributed by atoms with Gasteiger partial charge < -0.3 is 80.7 Å². The summed E-state index contributed by atoms with van der Waals surface area (Å²) in [4.78, 5) is 147. The van der Waals surface area contributed by atoms with Crippen LogP contribution >= 0.6 is 56.7 Å². The molecule has 510 valence electrons. The lowest BCUT2D eigenvalue weighted by molar-refractivity contribution is -0.269. The molecule has 10 N–H and O–H groups in total. The molecule has 0 saturated carbocycles. The van der Waals surface area contributed by atoms with Crippen molar-refractivity contribution in [2.24, 2.45) is 5.73 Å². The number of H-pyrrole nitrogens is 1. The summed E-state index contributed by atoms with van der Waals surface area (Å²) in [6.45, 7) is 10.6. The molecule has 2 saturated heterocycles. The van der Waals surface area contributed by atoms with Gasteiger partial charge in [-0.05, 0) is 59.4 Å². The van der Waals surface area contributed by atoms with Gasteiger partial charge in [-0.2, -0.15) is 0 Å². The Kier molecular flexibility index (Phi) is 18.4. The minimum atomic E-state index is -1.79. The number of aliphatic hydroxyl groups is 1. The number of hydrogen-bond acceptors (Lipinski definition) is 29. The number of ether oxygens (including phenoxy) is 7. The molecule has 12 bridgehead atoms. The van der Waals surface area contributed by atoms with Crippen LogP contribution in [0.15, 0.2) is 69.2 Å². The van der Waals surface area contributed by atoms with E-state index < -0.39 is 126 Å². The minimum absolute atomic E-state index is 0.00368. The number of likely N-dealkylation sites (N-methyl/N-ethyl adjacent to an activating group) is 1. The summed E-state index contributed by atoms with van der Waals surface area (Å²) < 4.78 is 44.8. The number of cyclic esters (lactones) is 2. The van der Waals surface area contributed by atoms with E-state index in [0.717, 1.165) is 56.7 Å². The molecule has 11 atom stereocenters. The van der Waals surface area contributed by atoms with E-state index in [1.165, 1.54) is 48.5 Å². The lowest BCUT2D eigenvalue weighted by atomic mass is 9.86. The fraction of sp³-hybridized carbons (Fsp3) is 0.355. The van der Waals surface area contributed by atoms with Gasteiger partial charge in [-0.1, -0.05) is 18.7 Å². The van der Waals surface area contributed by atoms with Crippen LogP contribution in [-0.2, 0) is 60.8 Å². The van der Waals surface area contributed by atoms with Gasteiger partial charge >= 0.3 is 11.9 Å². The number of aromatic nitrogens is 7. The van der Waals surface area contributed by atoms with Crippen molar-refractivity contribution in [3.05, 3.63) is 124 Å². The Morgan fingerprint density at radius 1 is 0.847 bits per heavy atom. The second-order valence-corrected chi connectivity index (χ2v) is 27.9. The first-order valence-electron chi connectivity index (χ1n) is 30.1. The Hall–Kier alpha value is -9.34. The Morgan fingerprint density at radius 2 is 1.53 bits per heavy atom. The number of esters is 2. The first-order valence-corrected chi connectivity index (χ1v) is 34.5. The molecule has 1 aromatic carbocycles. The van der Waals surface area contributed by atoms with Gasteiger partial charge in [0.15, 0.2) is 12.4 Å². The number of hydrogen-bond donors (Lipinski definition) is 9. The maximum Gasteiger partial charge on any atom is 0.355 e. The van der Waals surface area contributed by atoms with Crippen LogP contribution in [0.5, 0.6) is 5.75 Å². The highest BCUT2D eigenvalue weighted by molar-refractivity contribution is 7.14. The number of primary amides is 1. The van der Waals surface area contributed by atoms with Crippen molar-refractivity contribution in [3.8, 4) is 38.4 Å². The van der Waals surface area contributed by atoms with Crippen molar-refractivity contribution in [1.82, 2.24) is 66.4 Å². The molecule has 31 nitrogen and oxygen atoms in total. The number of benzene rings is 1. The molecule has 12 heterocycles. The molecule has 8 aromatic rings. The number of aromatic amines is 1. The van der Waals surface area contributed by atoms with E-state index in [-0.39, 0.29) is 118 Å². The molecule has 6 amide bonds. The van der Waals surface area contributed by atoms with Crippen LogP contribution < -0.4 is 32.3 Å². The van der Waals surface area contributed by atoms with E-state index in [1.807, 2.05) is 27.8 Å². The van der Waals surface area contributed by atoms with Crippen molar-refractivity contribution < 1.29 is 81.7 Å². The Labute approximate surface area is 575 Å². The summed E-state index contributed by atoms with van der Waals surface area (Å²) in [6, 6.07) is 1.69. The van der Waals surface area contributed by atoms with E-state index in [4.69, 9.17) is 53.8 Å². The van der Waals surface area contributed by atoms with Gasteiger partial charge in [-0.25, -0.2) is 39.5 Å². The van der Waals surface area contributed by atoms with Gasteiger partial charge in [0.25, 0.3) is 29.5 Å². The number of nitrogens with zero attached hydrogens (tertiary/aromatic N) is 7. The number of thiazole rings is 5. The van der Waals surface area contributed by atoms with Gasteiger partial charge in [0.2, 0.25) is 5.91 Å². The number of carbonyl (C=O) groups excluding carboxylic acids is 8. The number of allylic oxidation sites excluding steroid dienone is 1. The smallest absolute Gasteiger partial charge is 0.355 e. The predicted molar refractivity (Wildman–Crippen MR) is 352 cm³/mol. The topological polar surface area (TPSA) is 424 Å². The highest BCUT2D eigenvalue weighted by Gasteiger charge is 2.56. The molecule has 13 rings (SSSR count). The quantitative estimate of drug-likeness (QED) is 0.0553. The molecule has 11 unspecified atom stereocenters. The highest BCUT2D eigenvalue weighted by atomic mass is 32.1. The Bertz CT molecular complexity index is 4630. The standard InChI is InChI=1S/C62H60N14O17S5/c1-22(49(63)79)64-50(80)33-19-97-58(70-33)44-37(78)12-28-42(72-44)32-17-95-56(67-32)31-16-90-60(85)43-29-15-88-46(47(61(86)89-14-27-10-9-11-30(65-43)39(27)29)92-38-13-62(6)48(25(4)91-38)76(7)26(5)93-62)45(59-71-34(20-98-59)51(81)66-31)75-53(83)36-21-96-57(69-36)41(24(3)87-8)74-54(84)40(23(2)77)73-52(82)35-18-94-55(28)68-35/h9-12,17-21,23,25-26,31,38,40,45-48,65,77-78H,1,13-16H2,2-8H3,(H2,63,79)(H,64,80)(H,66,81)(H,73,82)(H,74,84)(H,75,83)/b41-24+. The normalized spacial score (nSPS) is 25.5. The minimum Gasteiger partial charge on any atom is -0.506 e. The summed E-state index contributed by atoms with van der Waals surface area (Å²) in [6.07, 6.45) is -6.87. The summed E-state index contributed by atoms with van der Waals surface area (Å²) in [5.41, 5.74) is 4.17. The van der Waals surface area contributed by atoms with Crippen LogP contribution in [-0.4, -0.2) is 173 Å². The van der Waals surface area contributed by atoms with Crippen LogP contribution in [0.25, 0.3) is 49.3 Å². The average molecular weight is 1430 g/mol. The maximum atomic E-state index is 15.2. The number of methoxy groups -OCH3 is 1. The molecule has 36 heteroatoms. The maximum absolute atomic E-state index is 15.2. The molecular formula is C62H60N14O17S5. The number of rotatable bonds is 8. The van der Waals surface area contributed by atoms with E-state index in [0.29, 0.717) is 16.5 Å². The first-order chi connectivity index (χ1) is 46.8. The number of aliphatic hydroxyl groups excluding tert-OH is 1. The highest BCUT2D eigenvalue weighted by Crippen LogP contribution is 2.45. The molecule has 2 fully saturated rings. The molecule has 0 spiro atoms. The average Bonchev–Trinajstić information content (AvgIpc) is 1.60. The first kappa shape index (κ1) is 67.2. The van der Waals surface area contributed by atoms with Gasteiger partial charge in [0.1, 0.15) is 131 Å². The van der Waals surface area contributed by atoms with Crippen molar-refractivity contribution in [2.75, 3.05) is 20.8 Å². The number of pyridine rings is 1. The lowest BCUT2D eigenvalue weighted by Crippen LogP contribution is -2.58. The molecular weight excluding hydrogens is 1370 g/mol. The second kappa shape index (κ2) is 26.8. The number of amides is 6. The van der Waals surface area contributed by atoms with E-state index in [1.54, 1.807) is 23.6 Å². The molecule has 98 heavy (non-hydrogen) atoms. The third-order valence-electron chi connectivity index (χ3n) is 17.1. The molecule has 7 aromatic heterocycles. The van der Waals surface area contributed by atoms with E-state index >= 15 is 9.59 Å². The molecule has 0 radical (unpaired) electrons. The zero-order chi connectivity index (χ0) is 69.3. The molecule has 0 aliphatic carbocycles. The van der Waals surface area contributed by atoms with Crippen molar-refractivity contribution >= 4 is 121 Å². The SMILES string of the molecule is C=C(NC(=O)c1csc(-c2nc3c(cc2O)-c2nc(cs2)C(=O)NC(C(C)O)C(=O)N/C(=C(\C)OC)c2nc(cs2)C(=O)NC2c4nc(cs4)C(=O)NC(COC(=O)c4[nH]c5cccc6c5c4COC2C(OC2CC4(C)OC(C)N(C)C4C(C)O2)C(=O)OC6)c2nc-3cs2)n1)C(N)=O. The third-order valence-corrected chi connectivity index (χ3v) is 21.5. The number of carbonyl (C=O) groups is 8. The second-order valence-electron chi connectivity index (χ2n) is 23.6. The number of fused-ring (bicyclic) bond motifs is 16. The van der Waals surface area contributed by atoms with Crippen molar-refractivity contribution in [2.45, 2.75) is 121 Å². The third kappa shape index (κ3) is 12.8. The van der Waals surface area contributed by atoms with Crippen molar-refractivity contribution in [3.63, 3.8) is 0 Å². The van der Waals surface area contributed by atoms with E-state index in [9.17, 15) is 39.0 Å². The van der Waals surface area contributed by atoms with Gasteiger partial charge in [-0.3, -0.25) is 33.7 Å². The van der Waals surface area contributed by atoms with Crippen LogP contribution in [0.3, 0.4) is 0 Å². The van der Waals surface area contributed by atoms with Gasteiger partial charge in [0, 0.05) is 55.4 Å². The van der Waals surface area contributed by atoms with Crippen LogP contribution in [0.4, 0.5) is 0 Å². The number of nitrogens with one attached hydrogen (secondary N) is 6. The Balaban J connectivity index is 0.975. The van der Waals surface area contributed by atoms with Crippen LogP contribution in [0.2, 0.25) is 0 Å². The monoisotopic (exact) mass is 1430 g/mol. The van der Waals surface area contributed by atoms with E-state index in [2.05, 4.69) is 58.0 Å². The molecule has 5 aliphatic heterocycles. The lowest BCUT2D eigenvalue weighted by Gasteiger charge is -2.45. The van der Waals surface area contributed by atoms with Gasteiger partial charge in [0.05, 0.1) is 43.3 Å². The van der Waals surface area contributed by atoms with Crippen molar-refractivity contribution in [1.29, 1.82) is 0 Å². The van der Waals surface area contributed by atoms with Crippen LogP contribution in [0, 0.1) is 0 Å². The summed E-state index contributed by atoms with van der Waals surface area (Å²) in [7, 11) is 3.25. The molecule has 5 aliphatic rings. The van der Waals surface area contributed by atoms with Gasteiger partial charge in [-0.15, -0.1) is 56.7 Å². The fourth-order valence-electron chi connectivity index (χ4n) is 12.2. The summed E-state index contributed by atoms with van der Waals surface area (Å²) >= 11 is 4.66. The largest absolute Gasteiger partial charge is 0.506 e. The zero-order valence-corrected chi connectivity index (χ0v) is 56.9. The number of nitrogens with two attached hydrogens (primary N) is 1. The Morgan fingerprint density at radius 3 is 2.29 bits per heavy atom. The fourth-order valence-corrected chi connectivity index (χ4v) is 16.4.